The van der Waals surface area contributed by atoms with Gasteiger partial charge in [0.05, 0.1) is 16.8 Å². The number of aryl methyl sites for hydroxylation is 2. The SMILES string of the molecule is CCC(C#N)(CCCSc1cc(C)nn1C)NC1CC1. The van der Waals surface area contributed by atoms with Crippen LogP contribution >= 0.6 is 11.8 Å². The normalized spacial score (nSPS) is 17.7. The molecular formula is C15H24N4S. The fourth-order valence-corrected chi connectivity index (χ4v) is 3.39. The first-order chi connectivity index (χ1) is 9.58. The second-order valence-electron chi connectivity index (χ2n) is 5.67. The van der Waals surface area contributed by atoms with Crippen molar-refractivity contribution in [2.75, 3.05) is 5.75 Å². The lowest BCUT2D eigenvalue weighted by atomic mass is 9.92. The summed E-state index contributed by atoms with van der Waals surface area (Å²) in [7, 11) is 1.98. The zero-order valence-corrected chi connectivity index (χ0v) is 13.5. The van der Waals surface area contributed by atoms with Crippen LogP contribution in [-0.4, -0.2) is 27.1 Å². The van der Waals surface area contributed by atoms with Crippen LogP contribution in [0.15, 0.2) is 11.1 Å². The smallest absolute Gasteiger partial charge is 0.106 e. The van der Waals surface area contributed by atoms with Gasteiger partial charge in [-0.25, -0.2) is 0 Å². The number of nitrogens with zero attached hydrogens (tertiary/aromatic N) is 3. The lowest BCUT2D eigenvalue weighted by Gasteiger charge is -2.26. The molecule has 0 bridgehead atoms. The standard InChI is InChI=1S/C15H24N4S/c1-4-15(11-16,17-13-6-7-13)8-5-9-20-14-10-12(2)18-19(14)3/h10,13,17H,4-9H2,1-3H3. The molecular weight excluding hydrogens is 268 g/mol. The summed E-state index contributed by atoms with van der Waals surface area (Å²) in [5.74, 6) is 1.04. The summed E-state index contributed by atoms with van der Waals surface area (Å²) in [6.45, 7) is 4.12. The second-order valence-corrected chi connectivity index (χ2v) is 6.78. The second kappa shape index (κ2) is 6.64. The van der Waals surface area contributed by atoms with Crippen molar-refractivity contribution in [1.29, 1.82) is 5.26 Å². The topological polar surface area (TPSA) is 53.6 Å². The van der Waals surface area contributed by atoms with Gasteiger partial charge in [0.2, 0.25) is 0 Å². The Morgan fingerprint density at radius 3 is 2.85 bits per heavy atom. The molecule has 1 atom stereocenters. The molecule has 1 N–H and O–H groups in total. The maximum Gasteiger partial charge on any atom is 0.106 e. The average molecular weight is 292 g/mol. The van der Waals surface area contributed by atoms with Crippen LogP contribution in [0.4, 0.5) is 0 Å². The van der Waals surface area contributed by atoms with E-state index in [0.29, 0.717) is 6.04 Å². The Balaban J connectivity index is 1.78. The van der Waals surface area contributed by atoms with E-state index in [0.717, 1.165) is 30.7 Å². The third-order valence-electron chi connectivity index (χ3n) is 3.83. The molecule has 1 aromatic rings. The van der Waals surface area contributed by atoms with Crippen LogP contribution < -0.4 is 5.32 Å². The van der Waals surface area contributed by atoms with Crippen molar-refractivity contribution >= 4 is 11.8 Å². The first-order valence-corrected chi connectivity index (χ1v) is 8.39. The predicted octanol–water partition coefficient (Wildman–Crippen LogP) is 3.03. The van der Waals surface area contributed by atoms with E-state index in [1.807, 2.05) is 30.4 Å². The Bertz CT molecular complexity index is 487. The number of thioether (sulfide) groups is 1. The van der Waals surface area contributed by atoms with Crippen molar-refractivity contribution in [3.05, 3.63) is 11.8 Å². The highest BCUT2D eigenvalue weighted by molar-refractivity contribution is 7.99. The van der Waals surface area contributed by atoms with Gasteiger partial charge in [-0.1, -0.05) is 6.92 Å². The van der Waals surface area contributed by atoms with Gasteiger partial charge in [-0.05, 0) is 50.8 Å². The number of aromatic nitrogens is 2. The minimum atomic E-state index is -0.315. The molecule has 1 aliphatic carbocycles. The molecule has 0 amide bonds. The summed E-state index contributed by atoms with van der Waals surface area (Å²) in [6.07, 6.45) is 5.32. The fourth-order valence-electron chi connectivity index (χ4n) is 2.41. The molecule has 0 saturated heterocycles. The summed E-state index contributed by atoms with van der Waals surface area (Å²) >= 11 is 1.83. The minimum absolute atomic E-state index is 0.315. The highest BCUT2D eigenvalue weighted by atomic mass is 32.2. The number of hydrogen-bond donors (Lipinski definition) is 1. The van der Waals surface area contributed by atoms with E-state index < -0.39 is 0 Å². The Labute approximate surface area is 125 Å². The molecule has 5 heteroatoms. The van der Waals surface area contributed by atoms with Gasteiger partial charge in [0.25, 0.3) is 0 Å². The average Bonchev–Trinajstić information content (AvgIpc) is 3.18. The first-order valence-electron chi connectivity index (χ1n) is 7.41. The summed E-state index contributed by atoms with van der Waals surface area (Å²) in [5.41, 5.74) is 0.745. The van der Waals surface area contributed by atoms with Gasteiger partial charge in [-0.15, -0.1) is 11.8 Å². The predicted molar refractivity (Wildman–Crippen MR) is 82.7 cm³/mol. The highest BCUT2D eigenvalue weighted by Gasteiger charge is 2.34. The fraction of sp³-hybridized carbons (Fsp3) is 0.733. The summed E-state index contributed by atoms with van der Waals surface area (Å²) in [6, 6.07) is 5.21. The number of nitriles is 1. The van der Waals surface area contributed by atoms with Gasteiger partial charge in [0, 0.05) is 13.1 Å². The van der Waals surface area contributed by atoms with Crippen molar-refractivity contribution in [3.8, 4) is 6.07 Å². The molecule has 0 aliphatic heterocycles. The first kappa shape index (κ1) is 15.4. The van der Waals surface area contributed by atoms with E-state index in [9.17, 15) is 5.26 Å². The molecule has 0 radical (unpaired) electrons. The number of hydrogen-bond acceptors (Lipinski definition) is 4. The monoisotopic (exact) mass is 292 g/mol. The number of nitrogens with one attached hydrogen (secondary N) is 1. The quantitative estimate of drug-likeness (QED) is 0.591. The lowest BCUT2D eigenvalue weighted by Crippen LogP contribution is -2.44. The lowest BCUT2D eigenvalue weighted by molar-refractivity contribution is 0.367. The van der Waals surface area contributed by atoms with Crippen molar-refractivity contribution in [1.82, 2.24) is 15.1 Å². The van der Waals surface area contributed by atoms with E-state index in [4.69, 9.17) is 0 Å². The Hall–Kier alpha value is -0.990. The molecule has 1 fully saturated rings. The van der Waals surface area contributed by atoms with Crippen molar-refractivity contribution in [3.63, 3.8) is 0 Å². The zero-order chi connectivity index (χ0) is 14.6. The van der Waals surface area contributed by atoms with Crippen molar-refractivity contribution < 1.29 is 0 Å². The molecule has 0 aromatic carbocycles. The van der Waals surface area contributed by atoms with Gasteiger partial charge in [-0.3, -0.25) is 10.00 Å². The molecule has 1 aromatic heterocycles. The summed E-state index contributed by atoms with van der Waals surface area (Å²) in [4.78, 5) is 0. The number of rotatable bonds is 8. The van der Waals surface area contributed by atoms with Crippen LogP contribution in [0.2, 0.25) is 0 Å². The van der Waals surface area contributed by atoms with Crippen LogP contribution in [0.3, 0.4) is 0 Å². The Morgan fingerprint density at radius 2 is 2.35 bits per heavy atom. The van der Waals surface area contributed by atoms with Crippen molar-refractivity contribution in [2.45, 2.75) is 62.6 Å². The Kier molecular flexibility index (Phi) is 5.11. The Morgan fingerprint density at radius 1 is 1.60 bits per heavy atom. The summed E-state index contributed by atoms with van der Waals surface area (Å²) < 4.78 is 1.93. The molecule has 2 rings (SSSR count). The highest BCUT2D eigenvalue weighted by Crippen LogP contribution is 2.28. The van der Waals surface area contributed by atoms with Crippen molar-refractivity contribution in [2.24, 2.45) is 7.05 Å². The molecule has 20 heavy (non-hydrogen) atoms. The van der Waals surface area contributed by atoms with Gasteiger partial charge >= 0.3 is 0 Å². The molecule has 1 aliphatic rings. The molecule has 110 valence electrons. The van der Waals surface area contributed by atoms with Gasteiger partial charge < -0.3 is 0 Å². The molecule has 4 nitrogen and oxygen atoms in total. The van der Waals surface area contributed by atoms with Crippen LogP contribution in [0, 0.1) is 18.3 Å². The summed E-state index contributed by atoms with van der Waals surface area (Å²) in [5, 5.41) is 18.6. The maximum atomic E-state index is 9.48. The van der Waals surface area contributed by atoms with E-state index in [1.165, 1.54) is 17.9 Å². The van der Waals surface area contributed by atoms with Crippen LogP contribution in [0.1, 0.15) is 44.7 Å². The van der Waals surface area contributed by atoms with E-state index in [1.54, 1.807) is 0 Å². The van der Waals surface area contributed by atoms with Crippen LogP contribution in [-0.2, 0) is 7.05 Å². The van der Waals surface area contributed by atoms with Gasteiger partial charge in [0.1, 0.15) is 5.54 Å². The van der Waals surface area contributed by atoms with Gasteiger partial charge in [-0.2, -0.15) is 10.4 Å². The zero-order valence-electron chi connectivity index (χ0n) is 12.6. The molecule has 1 unspecified atom stereocenters. The largest absolute Gasteiger partial charge is 0.297 e. The molecule has 1 saturated carbocycles. The minimum Gasteiger partial charge on any atom is -0.297 e. The van der Waals surface area contributed by atoms with E-state index in [-0.39, 0.29) is 5.54 Å². The van der Waals surface area contributed by atoms with Crippen LogP contribution in [0.5, 0.6) is 0 Å². The third kappa shape index (κ3) is 4.00. The maximum absolute atomic E-state index is 9.48. The molecule has 0 spiro atoms. The third-order valence-corrected chi connectivity index (χ3v) is 5.00. The van der Waals surface area contributed by atoms with Crippen LogP contribution in [0.25, 0.3) is 0 Å². The molecule has 1 heterocycles. The van der Waals surface area contributed by atoms with E-state index >= 15 is 0 Å². The van der Waals surface area contributed by atoms with Gasteiger partial charge in [0.15, 0.2) is 0 Å². The van der Waals surface area contributed by atoms with E-state index in [2.05, 4.69) is 29.5 Å².